The Bertz CT molecular complexity index is 511. The zero-order valence-corrected chi connectivity index (χ0v) is 12.2. The molecule has 1 atom stereocenters. The molecule has 0 bridgehead atoms. The lowest BCUT2D eigenvalue weighted by atomic mass is 10.5. The van der Waals surface area contributed by atoms with Crippen LogP contribution in [0.3, 0.4) is 0 Å². The molecular weight excluding hydrogens is 302 g/mol. The van der Waals surface area contributed by atoms with Crippen molar-refractivity contribution in [2.75, 3.05) is 30.1 Å². The van der Waals surface area contributed by atoms with E-state index in [-0.39, 0.29) is 12.3 Å². The molecule has 7 nitrogen and oxygen atoms in total. The number of carboxylic acid groups (broad SMARTS) is 1. The third-order valence-electron chi connectivity index (χ3n) is 2.46. The normalized spacial score (nSPS) is 22.8. The van der Waals surface area contributed by atoms with Crippen molar-refractivity contribution in [2.45, 2.75) is 11.8 Å². The average Bonchev–Trinajstić information content (AvgIpc) is 2.25. The number of nitrogens with zero attached hydrogens (tertiary/aromatic N) is 1. The SMILES string of the molecule is CS(=O)(=O)C1CSCCN1S(=O)(=O)CCC(=O)O. The molecule has 1 aliphatic heterocycles. The lowest BCUT2D eigenvalue weighted by molar-refractivity contribution is -0.136. The topological polar surface area (TPSA) is 109 Å². The summed E-state index contributed by atoms with van der Waals surface area (Å²) < 4.78 is 47.9. The molecule has 1 unspecified atom stereocenters. The Hall–Kier alpha value is -0.320. The molecule has 0 aromatic heterocycles. The number of thioether (sulfide) groups is 1. The van der Waals surface area contributed by atoms with Crippen molar-refractivity contribution in [3.63, 3.8) is 0 Å². The molecule has 0 aromatic rings. The van der Waals surface area contributed by atoms with Gasteiger partial charge in [0.1, 0.15) is 5.37 Å². The first-order valence-electron chi connectivity index (χ1n) is 5.12. The van der Waals surface area contributed by atoms with Gasteiger partial charge in [0, 0.05) is 24.3 Å². The smallest absolute Gasteiger partial charge is 0.304 e. The van der Waals surface area contributed by atoms with Crippen LogP contribution in [-0.4, -0.2) is 67.6 Å². The van der Waals surface area contributed by atoms with E-state index in [1.165, 1.54) is 11.8 Å². The minimum atomic E-state index is -3.85. The van der Waals surface area contributed by atoms with Crippen LogP contribution in [0.2, 0.25) is 0 Å². The van der Waals surface area contributed by atoms with Crippen molar-refractivity contribution in [1.29, 1.82) is 0 Å². The molecule has 1 heterocycles. The predicted octanol–water partition coefficient (Wildman–Crippen LogP) is -0.790. The second-order valence-corrected chi connectivity index (χ2v) is 9.32. The largest absolute Gasteiger partial charge is 0.481 e. The van der Waals surface area contributed by atoms with Crippen LogP contribution in [0.15, 0.2) is 0 Å². The maximum absolute atomic E-state index is 11.9. The van der Waals surface area contributed by atoms with E-state index in [0.29, 0.717) is 5.75 Å². The van der Waals surface area contributed by atoms with Gasteiger partial charge in [-0.25, -0.2) is 16.8 Å². The molecule has 10 heteroatoms. The van der Waals surface area contributed by atoms with Crippen LogP contribution >= 0.6 is 11.8 Å². The molecule has 0 aromatic carbocycles. The number of carboxylic acids is 1. The minimum Gasteiger partial charge on any atom is -0.481 e. The van der Waals surface area contributed by atoms with E-state index >= 15 is 0 Å². The predicted molar refractivity (Wildman–Crippen MR) is 68.7 cm³/mol. The summed E-state index contributed by atoms with van der Waals surface area (Å²) in [7, 11) is -7.37. The van der Waals surface area contributed by atoms with E-state index in [0.717, 1.165) is 10.6 Å². The second kappa shape index (κ2) is 5.76. The van der Waals surface area contributed by atoms with Crippen molar-refractivity contribution in [3.05, 3.63) is 0 Å². The monoisotopic (exact) mass is 317 g/mol. The number of sulfonamides is 1. The lowest BCUT2D eigenvalue weighted by Gasteiger charge is -2.32. The van der Waals surface area contributed by atoms with Gasteiger partial charge in [0.2, 0.25) is 10.0 Å². The van der Waals surface area contributed by atoms with Crippen LogP contribution in [0.4, 0.5) is 0 Å². The number of hydrogen-bond acceptors (Lipinski definition) is 6. The van der Waals surface area contributed by atoms with Gasteiger partial charge in [-0.3, -0.25) is 4.79 Å². The molecular formula is C8H15NO6S3. The van der Waals surface area contributed by atoms with Crippen LogP contribution in [-0.2, 0) is 24.7 Å². The summed E-state index contributed by atoms with van der Waals surface area (Å²) in [6.07, 6.45) is 0.464. The molecule has 1 fully saturated rings. The number of hydrogen-bond donors (Lipinski definition) is 1. The molecule has 0 aliphatic carbocycles. The maximum atomic E-state index is 11.9. The summed E-state index contributed by atoms with van der Waals surface area (Å²) in [5.74, 6) is -1.09. The van der Waals surface area contributed by atoms with E-state index in [9.17, 15) is 21.6 Å². The zero-order chi connectivity index (χ0) is 14.0. The van der Waals surface area contributed by atoms with Gasteiger partial charge in [0.15, 0.2) is 9.84 Å². The molecule has 1 N–H and O–H groups in total. The molecule has 1 saturated heterocycles. The summed E-state index contributed by atoms with van der Waals surface area (Å²) in [6.45, 7) is 0.102. The van der Waals surface area contributed by atoms with Crippen LogP contribution in [0, 0.1) is 0 Å². The summed E-state index contributed by atoms with van der Waals surface area (Å²) in [5.41, 5.74) is 0. The van der Waals surface area contributed by atoms with Gasteiger partial charge in [-0.2, -0.15) is 16.1 Å². The molecule has 106 valence electrons. The Morgan fingerprint density at radius 2 is 2.00 bits per heavy atom. The fraction of sp³-hybridized carbons (Fsp3) is 0.875. The summed E-state index contributed by atoms with van der Waals surface area (Å²) >= 11 is 1.37. The number of sulfone groups is 1. The molecule has 0 saturated carbocycles. The highest BCUT2D eigenvalue weighted by Crippen LogP contribution is 2.23. The molecule has 18 heavy (non-hydrogen) atoms. The van der Waals surface area contributed by atoms with Crippen molar-refractivity contribution in [3.8, 4) is 0 Å². The Kier molecular flexibility index (Phi) is 5.04. The van der Waals surface area contributed by atoms with Crippen molar-refractivity contribution in [1.82, 2.24) is 4.31 Å². The summed E-state index contributed by atoms with van der Waals surface area (Å²) in [6, 6.07) is 0. The summed E-state index contributed by atoms with van der Waals surface area (Å²) in [4.78, 5) is 10.4. The molecule has 0 amide bonds. The van der Waals surface area contributed by atoms with Crippen LogP contribution in [0.1, 0.15) is 6.42 Å². The standard InChI is InChI=1S/C8H15NO6S3/c1-17(12,13)7-6-16-4-3-9(7)18(14,15)5-2-8(10)11/h7H,2-6H2,1H3,(H,10,11). The molecule has 1 aliphatic rings. The van der Waals surface area contributed by atoms with Crippen LogP contribution in [0.5, 0.6) is 0 Å². The molecule has 0 radical (unpaired) electrons. The van der Waals surface area contributed by atoms with Crippen molar-refractivity contribution < 1.29 is 26.7 Å². The fourth-order valence-corrected chi connectivity index (χ4v) is 6.78. The van der Waals surface area contributed by atoms with Gasteiger partial charge in [0.05, 0.1) is 12.2 Å². The van der Waals surface area contributed by atoms with Crippen molar-refractivity contribution in [2.24, 2.45) is 0 Å². The van der Waals surface area contributed by atoms with Crippen LogP contribution < -0.4 is 0 Å². The van der Waals surface area contributed by atoms with Crippen LogP contribution in [0.25, 0.3) is 0 Å². The average molecular weight is 317 g/mol. The van der Waals surface area contributed by atoms with Gasteiger partial charge >= 0.3 is 5.97 Å². The van der Waals surface area contributed by atoms with Gasteiger partial charge in [-0.15, -0.1) is 0 Å². The third kappa shape index (κ3) is 4.11. The van der Waals surface area contributed by atoms with E-state index in [1.54, 1.807) is 0 Å². The van der Waals surface area contributed by atoms with E-state index in [1.807, 2.05) is 0 Å². The van der Waals surface area contributed by atoms with Crippen molar-refractivity contribution >= 4 is 37.6 Å². The zero-order valence-electron chi connectivity index (χ0n) is 9.77. The highest BCUT2D eigenvalue weighted by molar-refractivity contribution is 8.01. The van der Waals surface area contributed by atoms with E-state index in [4.69, 9.17) is 5.11 Å². The first kappa shape index (κ1) is 15.7. The first-order chi connectivity index (χ1) is 8.14. The third-order valence-corrected chi connectivity index (χ3v) is 7.11. The summed E-state index contributed by atoms with van der Waals surface area (Å²) in [5, 5.41) is 7.41. The lowest BCUT2D eigenvalue weighted by Crippen LogP contribution is -2.50. The highest BCUT2D eigenvalue weighted by atomic mass is 32.2. The Balaban J connectivity index is 2.93. The van der Waals surface area contributed by atoms with E-state index in [2.05, 4.69) is 0 Å². The Labute approximate surface area is 111 Å². The van der Waals surface area contributed by atoms with Gasteiger partial charge in [-0.05, 0) is 0 Å². The quantitative estimate of drug-likeness (QED) is 0.707. The van der Waals surface area contributed by atoms with Gasteiger partial charge < -0.3 is 5.11 Å². The van der Waals surface area contributed by atoms with E-state index < -0.39 is 43.4 Å². The molecule has 0 spiro atoms. The Morgan fingerprint density at radius 3 is 2.50 bits per heavy atom. The second-order valence-electron chi connectivity index (χ2n) is 3.93. The maximum Gasteiger partial charge on any atom is 0.304 e. The van der Waals surface area contributed by atoms with Gasteiger partial charge in [0.25, 0.3) is 0 Å². The molecule has 1 rings (SSSR count). The highest BCUT2D eigenvalue weighted by Gasteiger charge is 2.38. The number of aliphatic carboxylic acids is 1. The van der Waals surface area contributed by atoms with Gasteiger partial charge in [-0.1, -0.05) is 0 Å². The number of rotatable bonds is 5. The Morgan fingerprint density at radius 1 is 1.39 bits per heavy atom. The first-order valence-corrected chi connectivity index (χ1v) is 9.84. The number of carbonyl (C=O) groups is 1. The minimum absolute atomic E-state index is 0.102. The fourth-order valence-electron chi connectivity index (χ4n) is 1.55.